The average Bonchev–Trinajstić information content (AvgIpc) is 3.59. The molecule has 0 saturated carbocycles. The Kier molecular flexibility index (Phi) is 15.0. The highest BCUT2D eigenvalue weighted by Gasteiger charge is 2.22. The topological polar surface area (TPSA) is 97.4 Å². The van der Waals surface area contributed by atoms with Gasteiger partial charge in [0.1, 0.15) is 11.8 Å². The van der Waals surface area contributed by atoms with Crippen LogP contribution in [0.25, 0.3) is 11.3 Å². The van der Waals surface area contributed by atoms with Crippen LogP contribution in [0, 0.1) is 30.6 Å². The zero-order valence-corrected chi connectivity index (χ0v) is 27.1. The SMILES string of the molecule is C#CC(=C/CCC)/C(=C(\C)N=C(C)C#N)C(/N)=C(\C)CC.Cc1noc(-c2ccccc2)c1CSCC1CCC(C)O1. The Morgan fingerprint density at radius 1 is 1.21 bits per heavy atom. The number of unbranched alkanes of at least 4 members (excludes halogenated alkanes) is 1. The summed E-state index contributed by atoms with van der Waals surface area (Å²) >= 11 is 1.91. The highest BCUT2D eigenvalue weighted by atomic mass is 32.2. The van der Waals surface area contributed by atoms with E-state index in [9.17, 15) is 0 Å². The van der Waals surface area contributed by atoms with Gasteiger partial charge in [-0.15, -0.1) is 6.42 Å². The summed E-state index contributed by atoms with van der Waals surface area (Å²) in [5.74, 6) is 5.58. The average molecular weight is 587 g/mol. The molecule has 2 N–H and O–H groups in total. The van der Waals surface area contributed by atoms with E-state index in [1.54, 1.807) is 6.92 Å². The number of nitrogens with zero attached hydrogens (tertiary/aromatic N) is 3. The Balaban J connectivity index is 0.000000293. The van der Waals surface area contributed by atoms with Gasteiger partial charge in [-0.05, 0) is 65.9 Å². The van der Waals surface area contributed by atoms with Crippen molar-refractivity contribution in [1.29, 1.82) is 5.26 Å². The van der Waals surface area contributed by atoms with Gasteiger partial charge in [-0.3, -0.25) is 0 Å². The van der Waals surface area contributed by atoms with Crippen molar-refractivity contribution in [1.82, 2.24) is 5.16 Å². The van der Waals surface area contributed by atoms with Gasteiger partial charge >= 0.3 is 0 Å². The van der Waals surface area contributed by atoms with Crippen LogP contribution in [-0.2, 0) is 10.5 Å². The lowest BCUT2D eigenvalue weighted by molar-refractivity contribution is 0.0700. The Hall–Kier alpha value is -3.52. The first-order valence-electron chi connectivity index (χ1n) is 14.7. The number of hydrogen-bond donors (Lipinski definition) is 1. The maximum absolute atomic E-state index is 8.90. The summed E-state index contributed by atoms with van der Waals surface area (Å²) in [4.78, 5) is 4.30. The monoisotopic (exact) mass is 586 g/mol. The molecule has 0 spiro atoms. The van der Waals surface area contributed by atoms with E-state index < -0.39 is 0 Å². The van der Waals surface area contributed by atoms with E-state index in [1.165, 1.54) is 18.4 Å². The van der Waals surface area contributed by atoms with Crippen molar-refractivity contribution in [3.05, 3.63) is 75.8 Å². The molecule has 2 unspecified atom stereocenters. The fourth-order valence-electron chi connectivity index (χ4n) is 4.47. The molecule has 1 aliphatic heterocycles. The Bertz CT molecular complexity index is 1370. The number of nitrogens with two attached hydrogens (primary N) is 1. The number of aryl methyl sites for hydroxylation is 1. The molecule has 224 valence electrons. The highest BCUT2D eigenvalue weighted by Crippen LogP contribution is 2.31. The molecule has 7 heteroatoms. The van der Waals surface area contributed by atoms with Gasteiger partial charge in [0, 0.05) is 45.2 Å². The molecule has 6 nitrogen and oxygen atoms in total. The lowest BCUT2D eigenvalue weighted by Gasteiger charge is -2.13. The van der Waals surface area contributed by atoms with Gasteiger partial charge in [-0.25, -0.2) is 4.99 Å². The second kappa shape index (κ2) is 18.1. The number of allylic oxidation sites excluding steroid dienone is 4. The van der Waals surface area contributed by atoms with Crippen LogP contribution in [-0.4, -0.2) is 28.8 Å². The second-order valence-corrected chi connectivity index (χ2v) is 11.5. The number of hydrogen-bond acceptors (Lipinski definition) is 7. The minimum Gasteiger partial charge on any atom is -0.398 e. The lowest BCUT2D eigenvalue weighted by atomic mass is 9.96. The van der Waals surface area contributed by atoms with Crippen LogP contribution < -0.4 is 5.73 Å². The molecule has 1 aromatic carbocycles. The van der Waals surface area contributed by atoms with E-state index in [0.717, 1.165) is 64.5 Å². The van der Waals surface area contributed by atoms with Crippen LogP contribution in [0.2, 0.25) is 0 Å². The molecule has 0 radical (unpaired) electrons. The summed E-state index contributed by atoms with van der Waals surface area (Å²) in [5, 5.41) is 13.0. The van der Waals surface area contributed by atoms with Crippen molar-refractivity contribution in [2.45, 2.75) is 98.5 Å². The van der Waals surface area contributed by atoms with Gasteiger partial charge in [0.15, 0.2) is 5.76 Å². The fourth-order valence-corrected chi connectivity index (χ4v) is 5.64. The van der Waals surface area contributed by atoms with Gasteiger partial charge in [-0.2, -0.15) is 17.0 Å². The second-order valence-electron chi connectivity index (χ2n) is 10.5. The van der Waals surface area contributed by atoms with E-state index in [0.29, 0.717) is 29.3 Å². The van der Waals surface area contributed by atoms with Crippen molar-refractivity contribution >= 4 is 17.5 Å². The predicted octanol–water partition coefficient (Wildman–Crippen LogP) is 8.70. The zero-order valence-electron chi connectivity index (χ0n) is 26.3. The van der Waals surface area contributed by atoms with Gasteiger partial charge in [0.2, 0.25) is 0 Å². The van der Waals surface area contributed by atoms with Crippen molar-refractivity contribution in [2.75, 3.05) is 5.75 Å². The van der Waals surface area contributed by atoms with E-state index in [4.69, 9.17) is 26.7 Å². The number of aliphatic imine (C=N–C) groups is 1. The largest absolute Gasteiger partial charge is 0.398 e. The first kappa shape index (κ1) is 34.7. The molecular weight excluding hydrogens is 540 g/mol. The minimum atomic E-state index is 0.388. The standard InChI is InChI=1S/C18H25N3.C17H21NO2S/c1-7-10-11-16(9-3)17(18(20)13(4)8-2)15(6)21-14(5)12-19;1-12-8-9-15(19-12)10-21-11-16-13(2)18-20-17(16)14-6-4-3-5-7-14/h3,11H,7-8,10,20H2,1-2,4-6H3;3-7,12,15H,8-11H2,1-2H3/b16-11-,17-15-,18-13-,21-14?;. The summed E-state index contributed by atoms with van der Waals surface area (Å²) in [6.45, 7) is 13.8. The molecule has 2 heterocycles. The van der Waals surface area contributed by atoms with Crippen molar-refractivity contribution in [2.24, 2.45) is 10.7 Å². The van der Waals surface area contributed by atoms with Gasteiger partial charge < -0.3 is 15.0 Å². The maximum Gasteiger partial charge on any atom is 0.171 e. The summed E-state index contributed by atoms with van der Waals surface area (Å²) in [6.07, 6.45) is 13.6. The first-order chi connectivity index (χ1) is 20.2. The van der Waals surface area contributed by atoms with Crippen LogP contribution in [0.1, 0.15) is 84.9 Å². The molecule has 0 amide bonds. The number of thioether (sulfide) groups is 1. The van der Waals surface area contributed by atoms with E-state index >= 15 is 0 Å². The first-order valence-corrected chi connectivity index (χ1v) is 15.8. The highest BCUT2D eigenvalue weighted by molar-refractivity contribution is 7.98. The summed E-state index contributed by atoms with van der Waals surface area (Å²) < 4.78 is 11.4. The van der Waals surface area contributed by atoms with Crippen LogP contribution in [0.3, 0.4) is 0 Å². The van der Waals surface area contributed by atoms with Gasteiger partial charge in [0.25, 0.3) is 0 Å². The molecule has 1 saturated heterocycles. The predicted molar refractivity (Wildman–Crippen MR) is 177 cm³/mol. The molecule has 2 atom stereocenters. The summed E-state index contributed by atoms with van der Waals surface area (Å²) in [5.41, 5.74) is 13.9. The van der Waals surface area contributed by atoms with Crippen molar-refractivity contribution < 1.29 is 9.26 Å². The maximum atomic E-state index is 8.90. The van der Waals surface area contributed by atoms with Crippen molar-refractivity contribution in [3.8, 4) is 29.7 Å². The van der Waals surface area contributed by atoms with E-state index in [1.807, 2.05) is 69.8 Å². The van der Waals surface area contributed by atoms with Crippen LogP contribution in [0.4, 0.5) is 0 Å². The van der Waals surface area contributed by atoms with Crippen LogP contribution in [0.15, 0.2) is 74.0 Å². The molecule has 1 fully saturated rings. The van der Waals surface area contributed by atoms with E-state index in [2.05, 4.69) is 42.0 Å². The van der Waals surface area contributed by atoms with Crippen LogP contribution >= 0.6 is 11.8 Å². The Morgan fingerprint density at radius 3 is 2.50 bits per heavy atom. The molecule has 1 aliphatic rings. The normalized spacial score (nSPS) is 18.3. The quantitative estimate of drug-likeness (QED) is 0.161. The Morgan fingerprint density at radius 2 is 1.93 bits per heavy atom. The van der Waals surface area contributed by atoms with E-state index in [-0.39, 0.29) is 0 Å². The van der Waals surface area contributed by atoms with Crippen molar-refractivity contribution in [3.63, 3.8) is 0 Å². The molecular formula is C35H46N4O2S. The molecule has 3 rings (SSSR count). The number of ether oxygens (including phenoxy) is 1. The summed E-state index contributed by atoms with van der Waals surface area (Å²) in [6, 6.07) is 12.2. The number of nitriles is 1. The third-order valence-electron chi connectivity index (χ3n) is 7.07. The lowest BCUT2D eigenvalue weighted by Crippen LogP contribution is -2.11. The number of terminal acetylenes is 1. The molecule has 2 aromatic rings. The Labute approximate surface area is 257 Å². The minimum absolute atomic E-state index is 0.388. The zero-order chi connectivity index (χ0) is 31.1. The molecule has 0 aliphatic carbocycles. The molecule has 1 aromatic heterocycles. The third-order valence-corrected chi connectivity index (χ3v) is 8.17. The van der Waals surface area contributed by atoms with Gasteiger partial charge in [-0.1, -0.05) is 67.8 Å². The smallest absolute Gasteiger partial charge is 0.171 e. The fraction of sp³-hybridized carbons (Fsp3) is 0.457. The van der Waals surface area contributed by atoms with Gasteiger partial charge in [0.05, 0.1) is 17.9 Å². The molecule has 42 heavy (non-hydrogen) atoms. The van der Waals surface area contributed by atoms with Crippen LogP contribution in [0.5, 0.6) is 0 Å². The number of benzene rings is 1. The molecule has 0 bridgehead atoms. The summed E-state index contributed by atoms with van der Waals surface area (Å²) in [7, 11) is 0. The third kappa shape index (κ3) is 10.4. The number of rotatable bonds is 11. The number of aromatic nitrogens is 1.